The van der Waals surface area contributed by atoms with Crippen LogP contribution in [0.1, 0.15) is 20.4 Å². The van der Waals surface area contributed by atoms with Crippen LogP contribution < -0.4 is 5.32 Å². The summed E-state index contributed by atoms with van der Waals surface area (Å²) in [6, 6.07) is 10.5. The summed E-state index contributed by atoms with van der Waals surface area (Å²) in [4.78, 5) is 16.2. The van der Waals surface area contributed by atoms with E-state index < -0.39 is 0 Å². The Morgan fingerprint density at radius 1 is 1.12 bits per heavy atom. The average Bonchev–Trinajstić information content (AvgIpc) is 3.08. The number of benzene rings is 1. The zero-order valence-electron chi connectivity index (χ0n) is 12.1. The first-order valence-corrected chi connectivity index (χ1v) is 8.37. The maximum atomic E-state index is 12.2. The second-order valence-corrected chi connectivity index (χ2v) is 6.47. The Morgan fingerprint density at radius 3 is 2.58 bits per heavy atom. The van der Waals surface area contributed by atoms with Gasteiger partial charge < -0.3 is 5.32 Å². The molecule has 8 heteroatoms. The van der Waals surface area contributed by atoms with Crippen LogP contribution in [0.2, 0.25) is 5.02 Å². The van der Waals surface area contributed by atoms with Crippen molar-refractivity contribution in [3.8, 4) is 0 Å². The highest BCUT2D eigenvalue weighted by molar-refractivity contribution is 7.15. The van der Waals surface area contributed by atoms with Crippen molar-refractivity contribution < 1.29 is 4.79 Å². The molecule has 2 aromatic heterocycles. The molecule has 0 aliphatic carbocycles. The number of aromatic nitrogens is 3. The van der Waals surface area contributed by atoms with Crippen LogP contribution in [-0.2, 0) is 0 Å². The van der Waals surface area contributed by atoms with Gasteiger partial charge in [-0.2, -0.15) is 0 Å². The predicted molar refractivity (Wildman–Crippen MR) is 97.3 cm³/mol. The largest absolute Gasteiger partial charge is 0.320 e. The van der Waals surface area contributed by atoms with Gasteiger partial charge in [-0.15, -0.1) is 10.2 Å². The smallest absolute Gasteiger partial charge is 0.286 e. The van der Waals surface area contributed by atoms with Crippen molar-refractivity contribution in [3.63, 3.8) is 0 Å². The fraction of sp³-hybridized carbons (Fsp3) is 0. The van der Waals surface area contributed by atoms with Crippen LogP contribution in [0.4, 0.5) is 5.69 Å². The van der Waals surface area contributed by atoms with Crippen LogP contribution in [0.25, 0.3) is 11.1 Å². The molecule has 0 saturated heterocycles. The summed E-state index contributed by atoms with van der Waals surface area (Å²) in [5.41, 5.74) is 1.46. The van der Waals surface area contributed by atoms with Crippen LogP contribution in [0.5, 0.6) is 0 Å². The molecule has 24 heavy (non-hydrogen) atoms. The van der Waals surface area contributed by atoms with Gasteiger partial charge in [0.2, 0.25) is 5.01 Å². The molecule has 0 spiro atoms. The minimum Gasteiger partial charge on any atom is -0.320 e. The van der Waals surface area contributed by atoms with Gasteiger partial charge in [0, 0.05) is 23.1 Å². The van der Waals surface area contributed by atoms with E-state index in [-0.39, 0.29) is 10.9 Å². The Kier molecular flexibility index (Phi) is 5.20. The number of nitrogens with one attached hydrogen (secondary N) is 1. The summed E-state index contributed by atoms with van der Waals surface area (Å²) in [6.45, 7) is 0. The van der Waals surface area contributed by atoms with Crippen LogP contribution in [0.15, 0.2) is 48.8 Å². The first-order chi connectivity index (χ1) is 11.6. The quantitative estimate of drug-likeness (QED) is 0.723. The van der Waals surface area contributed by atoms with Gasteiger partial charge in [-0.25, -0.2) is 0 Å². The molecule has 0 unspecified atom stereocenters. The van der Waals surface area contributed by atoms with E-state index in [1.165, 1.54) is 0 Å². The van der Waals surface area contributed by atoms with Crippen LogP contribution in [0.3, 0.4) is 0 Å². The molecular formula is C16H10Cl2N4OS. The van der Waals surface area contributed by atoms with E-state index in [0.29, 0.717) is 20.7 Å². The van der Waals surface area contributed by atoms with Crippen molar-refractivity contribution in [2.75, 3.05) is 5.32 Å². The monoisotopic (exact) mass is 376 g/mol. The molecule has 1 aromatic carbocycles. The van der Waals surface area contributed by atoms with Gasteiger partial charge in [-0.3, -0.25) is 9.78 Å². The summed E-state index contributed by atoms with van der Waals surface area (Å²) in [5.74, 6) is -0.355. The van der Waals surface area contributed by atoms with E-state index in [9.17, 15) is 4.79 Å². The molecule has 3 aromatic rings. The summed E-state index contributed by atoms with van der Waals surface area (Å²) in [5, 5.41) is 12.2. The normalized spacial score (nSPS) is 11.3. The number of rotatable bonds is 4. The van der Waals surface area contributed by atoms with Gasteiger partial charge in [0.15, 0.2) is 5.01 Å². The Morgan fingerprint density at radius 2 is 1.88 bits per heavy atom. The average molecular weight is 377 g/mol. The van der Waals surface area contributed by atoms with E-state index in [1.54, 1.807) is 48.8 Å². The number of anilines is 1. The van der Waals surface area contributed by atoms with Crippen molar-refractivity contribution in [1.82, 2.24) is 15.2 Å². The van der Waals surface area contributed by atoms with E-state index in [2.05, 4.69) is 20.5 Å². The predicted octanol–water partition coefficient (Wildman–Crippen LogP) is 4.58. The topological polar surface area (TPSA) is 67.8 Å². The number of pyridine rings is 1. The summed E-state index contributed by atoms with van der Waals surface area (Å²) < 4.78 is 0. The van der Waals surface area contributed by atoms with Gasteiger partial charge in [0.05, 0.1) is 5.03 Å². The lowest BCUT2D eigenvalue weighted by Gasteiger charge is -2.01. The van der Waals surface area contributed by atoms with E-state index in [0.717, 1.165) is 16.9 Å². The number of halogens is 2. The molecule has 3 rings (SSSR count). The molecule has 0 bridgehead atoms. The molecule has 0 atom stereocenters. The third-order valence-electron chi connectivity index (χ3n) is 2.90. The van der Waals surface area contributed by atoms with Crippen LogP contribution in [0, 0.1) is 0 Å². The lowest BCUT2D eigenvalue weighted by atomic mass is 10.2. The Labute approximate surface area is 152 Å². The molecular weight excluding hydrogens is 367 g/mol. The fourth-order valence-corrected chi connectivity index (χ4v) is 2.85. The standard InChI is InChI=1S/C16H10Cl2N4OS/c17-11-3-5-12(6-4-11)20-14(23)16-22-21-15(24-16)13(18)8-10-2-1-7-19-9-10/h1-9H,(H,20,23)/b13-8-. The van der Waals surface area contributed by atoms with Crippen molar-refractivity contribution in [2.45, 2.75) is 0 Å². The van der Waals surface area contributed by atoms with Crippen LogP contribution >= 0.6 is 34.5 Å². The fourth-order valence-electron chi connectivity index (χ4n) is 1.80. The molecule has 0 aliphatic heterocycles. The summed E-state index contributed by atoms with van der Waals surface area (Å²) in [6.07, 6.45) is 5.07. The zero-order valence-corrected chi connectivity index (χ0v) is 14.4. The van der Waals surface area contributed by atoms with Crippen molar-refractivity contribution in [2.24, 2.45) is 0 Å². The molecule has 1 N–H and O–H groups in total. The van der Waals surface area contributed by atoms with Gasteiger partial charge in [0.25, 0.3) is 5.91 Å². The second kappa shape index (κ2) is 7.53. The first kappa shape index (κ1) is 16.6. The van der Waals surface area contributed by atoms with E-state index in [1.807, 2.05) is 6.07 Å². The minimum atomic E-state index is -0.355. The molecule has 0 fully saturated rings. The van der Waals surface area contributed by atoms with Gasteiger partial charge in [-0.1, -0.05) is 40.6 Å². The third-order valence-corrected chi connectivity index (χ3v) is 4.51. The highest BCUT2D eigenvalue weighted by Crippen LogP contribution is 2.25. The molecule has 0 saturated carbocycles. The van der Waals surface area contributed by atoms with Gasteiger partial charge in [-0.05, 0) is 42.0 Å². The zero-order chi connectivity index (χ0) is 16.9. The third kappa shape index (κ3) is 4.17. The maximum Gasteiger partial charge on any atom is 0.286 e. The SMILES string of the molecule is O=C(Nc1ccc(Cl)cc1)c1nnc(/C(Cl)=C/c2cccnc2)s1. The van der Waals surface area contributed by atoms with Crippen LogP contribution in [-0.4, -0.2) is 21.1 Å². The highest BCUT2D eigenvalue weighted by atomic mass is 35.5. The molecule has 120 valence electrons. The maximum absolute atomic E-state index is 12.2. The minimum absolute atomic E-state index is 0.220. The number of hydrogen-bond acceptors (Lipinski definition) is 5. The van der Waals surface area contributed by atoms with E-state index >= 15 is 0 Å². The first-order valence-electron chi connectivity index (χ1n) is 6.80. The number of carbonyl (C=O) groups excluding carboxylic acids is 1. The molecule has 2 heterocycles. The Balaban J connectivity index is 1.74. The molecule has 0 radical (unpaired) electrons. The molecule has 1 amide bonds. The van der Waals surface area contributed by atoms with Gasteiger partial charge in [0.1, 0.15) is 0 Å². The van der Waals surface area contributed by atoms with Crippen molar-refractivity contribution in [1.29, 1.82) is 0 Å². The lowest BCUT2D eigenvalue weighted by Crippen LogP contribution is -2.11. The highest BCUT2D eigenvalue weighted by Gasteiger charge is 2.14. The number of amides is 1. The Bertz CT molecular complexity index is 879. The van der Waals surface area contributed by atoms with Crippen molar-refractivity contribution >= 4 is 57.2 Å². The number of nitrogens with zero attached hydrogens (tertiary/aromatic N) is 3. The number of hydrogen-bond donors (Lipinski definition) is 1. The van der Waals surface area contributed by atoms with Crippen molar-refractivity contribution in [3.05, 3.63) is 69.4 Å². The second-order valence-electron chi connectivity index (χ2n) is 4.65. The summed E-state index contributed by atoms with van der Waals surface area (Å²) in [7, 11) is 0. The van der Waals surface area contributed by atoms with Gasteiger partial charge >= 0.3 is 0 Å². The molecule has 0 aliphatic rings. The number of carbonyl (C=O) groups is 1. The van der Waals surface area contributed by atoms with E-state index in [4.69, 9.17) is 23.2 Å². The lowest BCUT2D eigenvalue weighted by molar-refractivity contribution is 0.102. The molecule has 5 nitrogen and oxygen atoms in total. The summed E-state index contributed by atoms with van der Waals surface area (Å²) >= 11 is 13.2. The Hall–Kier alpha value is -2.28.